The van der Waals surface area contributed by atoms with E-state index in [2.05, 4.69) is 30.2 Å². The maximum Gasteiger partial charge on any atom is 1.00 e. The summed E-state index contributed by atoms with van der Waals surface area (Å²) in [6.07, 6.45) is 0. The molecule has 0 radical (unpaired) electrons. The van der Waals surface area contributed by atoms with Crippen molar-refractivity contribution in [2.45, 2.75) is 6.92 Å². The first-order valence-corrected chi connectivity index (χ1v) is 5.51. The minimum absolute atomic E-state index is 0. The predicted molar refractivity (Wildman–Crippen MR) is 53.1 cm³/mol. The number of benzene rings is 1. The summed E-state index contributed by atoms with van der Waals surface area (Å²) in [7, 11) is -3.83. The Bertz CT molecular complexity index is 307. The Morgan fingerprint density at radius 3 is 1.77 bits per heavy atom. The van der Waals surface area contributed by atoms with E-state index < -0.39 is 9.05 Å². The van der Waals surface area contributed by atoms with Crippen molar-refractivity contribution in [1.82, 2.24) is 0 Å². The molecule has 0 unspecified atom stereocenters. The standard InChI is InChI=1S/C7H8.Na.H2O3S2.H/c1-7-5-3-2-4-6-7;;1-5(2,3)4;/h2-6H,1H3;;(H2,1,2,3,4);/q;+1;;-1. The smallest absolute Gasteiger partial charge is 1.00 e. The molecule has 0 aliphatic rings. The average Bonchev–Trinajstić information content (AvgIpc) is 1.85. The largest absolute Gasteiger partial charge is 1.00 e. The fourth-order valence-corrected chi connectivity index (χ4v) is 0.534. The fraction of sp³-hybridized carbons (Fsp3) is 0.143. The second kappa shape index (κ2) is 7.87. The van der Waals surface area contributed by atoms with E-state index in [4.69, 9.17) is 13.3 Å². The van der Waals surface area contributed by atoms with Gasteiger partial charge >= 0.3 is 29.6 Å². The maximum absolute atomic E-state index is 9.11. The molecule has 1 aromatic carbocycles. The summed E-state index contributed by atoms with van der Waals surface area (Å²) in [6.45, 7) is 2.08. The first-order valence-electron chi connectivity index (χ1n) is 3.11. The molecule has 3 nitrogen and oxygen atoms in total. The van der Waals surface area contributed by atoms with Crippen LogP contribution in [0, 0.1) is 6.92 Å². The molecule has 0 amide bonds. The normalized spacial score (nSPS) is 9.15. The summed E-state index contributed by atoms with van der Waals surface area (Å²) in [5.74, 6) is 0. The third-order valence-corrected chi connectivity index (χ3v) is 0.940. The zero-order valence-electron chi connectivity index (χ0n) is 8.51. The summed E-state index contributed by atoms with van der Waals surface area (Å²) in [5, 5.41) is 0. The SMILES string of the molecule is Cc1ccccc1.O=S(O)(O)=S.[H-].[Na+]. The van der Waals surface area contributed by atoms with Gasteiger partial charge in [-0.05, 0) is 6.92 Å². The minimum Gasteiger partial charge on any atom is -1.00 e. The predicted octanol–water partition coefficient (Wildman–Crippen LogP) is -1.21. The van der Waals surface area contributed by atoms with Crippen LogP contribution in [-0.4, -0.2) is 13.3 Å². The van der Waals surface area contributed by atoms with Crippen molar-refractivity contribution in [3.63, 3.8) is 0 Å². The molecule has 0 spiro atoms. The summed E-state index contributed by atoms with van der Waals surface area (Å²) < 4.78 is 24.0. The van der Waals surface area contributed by atoms with Gasteiger partial charge in [-0.2, -0.15) is 4.21 Å². The second-order valence-corrected chi connectivity index (χ2v) is 4.30. The van der Waals surface area contributed by atoms with Crippen LogP contribution >= 0.6 is 0 Å². The third kappa shape index (κ3) is 19.1. The minimum atomic E-state index is -3.83. The van der Waals surface area contributed by atoms with Gasteiger partial charge in [-0.25, -0.2) is 0 Å². The molecule has 13 heavy (non-hydrogen) atoms. The molecular weight excluding hydrogens is 219 g/mol. The quantitative estimate of drug-likeness (QED) is 0.549. The number of hydrogen-bond donors (Lipinski definition) is 2. The van der Waals surface area contributed by atoms with Crippen molar-refractivity contribution in [2.24, 2.45) is 0 Å². The molecule has 0 atom stereocenters. The van der Waals surface area contributed by atoms with Crippen molar-refractivity contribution >= 4 is 20.2 Å². The first kappa shape index (κ1) is 16.0. The Morgan fingerprint density at radius 1 is 1.31 bits per heavy atom. The summed E-state index contributed by atoms with van der Waals surface area (Å²) in [4.78, 5) is 0. The molecule has 0 saturated heterocycles. The van der Waals surface area contributed by atoms with Crippen LogP contribution in [0.4, 0.5) is 0 Å². The zero-order valence-corrected chi connectivity index (χ0v) is 11.1. The van der Waals surface area contributed by atoms with Gasteiger partial charge in [0.2, 0.25) is 0 Å². The van der Waals surface area contributed by atoms with E-state index in [0.29, 0.717) is 0 Å². The first-order chi connectivity index (χ1) is 5.39. The van der Waals surface area contributed by atoms with Gasteiger partial charge in [0.15, 0.2) is 0 Å². The van der Waals surface area contributed by atoms with Crippen molar-refractivity contribution in [2.75, 3.05) is 0 Å². The molecule has 0 aliphatic carbocycles. The van der Waals surface area contributed by atoms with Gasteiger partial charge in [0, 0.05) is 11.2 Å². The summed E-state index contributed by atoms with van der Waals surface area (Å²) in [6, 6.07) is 10.3. The number of rotatable bonds is 0. The van der Waals surface area contributed by atoms with Gasteiger partial charge in [0.05, 0.1) is 0 Å². The van der Waals surface area contributed by atoms with Crippen LogP contribution in [-0.2, 0) is 20.2 Å². The van der Waals surface area contributed by atoms with Crippen molar-refractivity contribution in [1.29, 1.82) is 0 Å². The zero-order chi connectivity index (χ0) is 9.61. The van der Waals surface area contributed by atoms with Gasteiger partial charge in [-0.15, -0.1) is 0 Å². The van der Waals surface area contributed by atoms with E-state index >= 15 is 0 Å². The molecule has 0 aliphatic heterocycles. The van der Waals surface area contributed by atoms with Crippen LogP contribution in [0.2, 0.25) is 0 Å². The summed E-state index contributed by atoms with van der Waals surface area (Å²) in [5.41, 5.74) is 1.32. The van der Waals surface area contributed by atoms with Gasteiger partial charge < -0.3 is 1.43 Å². The van der Waals surface area contributed by atoms with E-state index in [9.17, 15) is 0 Å². The van der Waals surface area contributed by atoms with Gasteiger partial charge in [-0.1, -0.05) is 35.9 Å². The molecule has 0 aromatic heterocycles. The molecular formula is C7H11NaO3S2. The number of hydrogen-bond acceptors (Lipinski definition) is 2. The Balaban J connectivity index is -0.000000159. The Kier molecular flexibility index (Phi) is 9.66. The summed E-state index contributed by atoms with van der Waals surface area (Å²) >= 11 is 3.47. The van der Waals surface area contributed by atoms with E-state index in [0.717, 1.165) is 0 Å². The van der Waals surface area contributed by atoms with Crippen molar-refractivity contribution < 1.29 is 44.3 Å². The van der Waals surface area contributed by atoms with Crippen molar-refractivity contribution in [3.05, 3.63) is 35.9 Å². The molecule has 0 saturated carbocycles. The Labute approximate surface area is 107 Å². The van der Waals surface area contributed by atoms with Gasteiger partial charge in [-0.3, -0.25) is 9.11 Å². The maximum atomic E-state index is 9.11. The Hall–Kier alpha value is 0.510. The molecule has 70 valence electrons. The van der Waals surface area contributed by atoms with Crippen LogP contribution < -0.4 is 29.6 Å². The van der Waals surface area contributed by atoms with Gasteiger partial charge in [0.1, 0.15) is 0 Å². The number of aryl methyl sites for hydroxylation is 1. The van der Waals surface area contributed by atoms with E-state index in [-0.39, 0.29) is 31.0 Å². The van der Waals surface area contributed by atoms with E-state index in [1.807, 2.05) is 18.2 Å². The van der Waals surface area contributed by atoms with Crippen LogP contribution in [0.3, 0.4) is 0 Å². The monoisotopic (exact) mass is 230 g/mol. The van der Waals surface area contributed by atoms with Crippen LogP contribution in [0.1, 0.15) is 6.99 Å². The van der Waals surface area contributed by atoms with Crippen molar-refractivity contribution in [3.8, 4) is 0 Å². The molecule has 0 heterocycles. The van der Waals surface area contributed by atoms with Crippen LogP contribution in [0.15, 0.2) is 30.3 Å². The Morgan fingerprint density at radius 2 is 1.62 bits per heavy atom. The molecule has 1 aromatic rings. The molecule has 0 fully saturated rings. The van der Waals surface area contributed by atoms with E-state index in [1.54, 1.807) is 0 Å². The average molecular weight is 230 g/mol. The van der Waals surface area contributed by atoms with Crippen LogP contribution in [0.25, 0.3) is 0 Å². The molecule has 6 heteroatoms. The fourth-order valence-electron chi connectivity index (χ4n) is 0.534. The van der Waals surface area contributed by atoms with Crippen LogP contribution in [0.5, 0.6) is 0 Å². The molecule has 2 N–H and O–H groups in total. The third-order valence-electron chi connectivity index (χ3n) is 0.940. The molecule has 0 bridgehead atoms. The van der Waals surface area contributed by atoms with E-state index in [1.165, 1.54) is 5.56 Å². The van der Waals surface area contributed by atoms with Gasteiger partial charge in [0.25, 0.3) is 9.05 Å². The topological polar surface area (TPSA) is 57.5 Å². The second-order valence-electron chi connectivity index (χ2n) is 2.10. The molecule has 1 rings (SSSR count).